The van der Waals surface area contributed by atoms with Crippen LogP contribution < -0.4 is 5.73 Å². The van der Waals surface area contributed by atoms with Crippen LogP contribution in [0, 0.1) is 5.92 Å². The number of nitrogens with two attached hydrogens (primary N) is 1. The van der Waals surface area contributed by atoms with Crippen molar-refractivity contribution in [3.8, 4) is 0 Å². The number of aliphatic hydroxyl groups is 1. The van der Waals surface area contributed by atoms with Crippen LogP contribution in [0.4, 0.5) is 0 Å². The largest absolute Gasteiger partial charge is 0.393 e. The molecule has 0 aromatic rings. The van der Waals surface area contributed by atoms with E-state index in [0.29, 0.717) is 12.8 Å². The average Bonchev–Trinajstić information content (AvgIpc) is 1.58. The maximum atomic E-state index is 10.3. The average molecular weight is 145 g/mol. The molecule has 0 bridgehead atoms. The highest BCUT2D eigenvalue weighted by molar-refractivity contribution is 5.73. The van der Waals surface area contributed by atoms with Gasteiger partial charge in [-0.2, -0.15) is 0 Å². The van der Waals surface area contributed by atoms with Gasteiger partial charge in [0.2, 0.25) is 5.91 Å². The van der Waals surface area contributed by atoms with Crippen molar-refractivity contribution < 1.29 is 9.90 Å². The summed E-state index contributed by atoms with van der Waals surface area (Å²) >= 11 is 0. The number of carbonyl (C=O) groups is 1. The molecule has 0 aliphatic rings. The van der Waals surface area contributed by atoms with E-state index < -0.39 is 0 Å². The molecule has 0 saturated heterocycles. The van der Waals surface area contributed by atoms with Crippen LogP contribution >= 0.6 is 0 Å². The molecule has 3 heteroatoms. The highest BCUT2D eigenvalue weighted by Gasteiger charge is 2.08. The van der Waals surface area contributed by atoms with Gasteiger partial charge in [0.05, 0.1) is 6.10 Å². The maximum Gasteiger partial charge on any atom is 0.217 e. The minimum Gasteiger partial charge on any atom is -0.393 e. The molecule has 0 radical (unpaired) electrons. The first-order chi connectivity index (χ1) is 4.52. The van der Waals surface area contributed by atoms with Crippen LogP contribution in [-0.4, -0.2) is 17.1 Å². The van der Waals surface area contributed by atoms with Gasteiger partial charge in [-0.05, 0) is 19.3 Å². The molecule has 3 nitrogen and oxygen atoms in total. The number of aliphatic hydroxyl groups excluding tert-OH is 1. The molecule has 0 aromatic heterocycles. The van der Waals surface area contributed by atoms with Crippen molar-refractivity contribution in [2.45, 2.75) is 32.8 Å². The Morgan fingerprint density at radius 2 is 2.10 bits per heavy atom. The first-order valence-corrected chi connectivity index (χ1v) is 3.48. The Morgan fingerprint density at radius 3 is 2.40 bits per heavy atom. The summed E-state index contributed by atoms with van der Waals surface area (Å²) in [6.07, 6.45) is 0.669. The molecule has 1 amide bonds. The molecule has 60 valence electrons. The van der Waals surface area contributed by atoms with E-state index in [1.165, 1.54) is 0 Å². The van der Waals surface area contributed by atoms with Crippen LogP contribution in [0.1, 0.15) is 26.7 Å². The van der Waals surface area contributed by atoms with E-state index in [9.17, 15) is 4.79 Å². The fraction of sp³-hybridized carbons (Fsp3) is 0.857. The van der Waals surface area contributed by atoms with E-state index in [-0.39, 0.29) is 17.9 Å². The summed E-state index contributed by atoms with van der Waals surface area (Å²) in [6, 6.07) is 0. The lowest BCUT2D eigenvalue weighted by atomic mass is 10.0. The Kier molecular flexibility index (Phi) is 4.03. The molecule has 0 aliphatic heterocycles. The third-order valence-corrected chi connectivity index (χ3v) is 1.29. The fourth-order valence-corrected chi connectivity index (χ4v) is 1.01. The molecule has 10 heavy (non-hydrogen) atoms. The number of amides is 1. The van der Waals surface area contributed by atoms with Crippen LogP contribution in [0.5, 0.6) is 0 Å². The highest BCUT2D eigenvalue weighted by Crippen LogP contribution is 2.08. The zero-order chi connectivity index (χ0) is 8.15. The fourth-order valence-electron chi connectivity index (χ4n) is 1.01. The summed E-state index contributed by atoms with van der Waals surface area (Å²) in [5, 5.41) is 8.88. The van der Waals surface area contributed by atoms with Crippen molar-refractivity contribution in [3.05, 3.63) is 0 Å². The SMILES string of the molecule is CC(O)CC(C)CC(N)=O. The first-order valence-electron chi connectivity index (χ1n) is 3.48. The predicted octanol–water partition coefficient (Wildman–Crippen LogP) is 0.269. The summed E-state index contributed by atoms with van der Waals surface area (Å²) in [7, 11) is 0. The Hall–Kier alpha value is -0.570. The highest BCUT2D eigenvalue weighted by atomic mass is 16.3. The topological polar surface area (TPSA) is 63.3 Å². The number of rotatable bonds is 4. The predicted molar refractivity (Wildman–Crippen MR) is 39.3 cm³/mol. The van der Waals surface area contributed by atoms with Crippen LogP contribution in [0.3, 0.4) is 0 Å². The summed E-state index contributed by atoms with van der Waals surface area (Å²) in [5.74, 6) is -0.106. The molecule has 0 spiro atoms. The van der Waals surface area contributed by atoms with Gasteiger partial charge in [0, 0.05) is 6.42 Å². The first kappa shape index (κ1) is 9.43. The van der Waals surface area contributed by atoms with Crippen molar-refractivity contribution in [2.75, 3.05) is 0 Å². The second-order valence-corrected chi connectivity index (χ2v) is 2.86. The normalized spacial score (nSPS) is 16.3. The lowest BCUT2D eigenvalue weighted by Crippen LogP contribution is -2.17. The van der Waals surface area contributed by atoms with Gasteiger partial charge < -0.3 is 10.8 Å². The summed E-state index contributed by atoms with van der Waals surface area (Å²) in [4.78, 5) is 10.3. The molecule has 0 fully saturated rings. The van der Waals surface area contributed by atoms with E-state index >= 15 is 0 Å². The molecule has 0 aromatic carbocycles. The Balaban J connectivity index is 3.43. The third-order valence-electron chi connectivity index (χ3n) is 1.29. The molecular weight excluding hydrogens is 130 g/mol. The minimum absolute atomic E-state index is 0.192. The number of primary amides is 1. The Labute approximate surface area is 61.2 Å². The van der Waals surface area contributed by atoms with Gasteiger partial charge in [0.1, 0.15) is 0 Å². The van der Waals surface area contributed by atoms with Crippen LogP contribution in [0.15, 0.2) is 0 Å². The van der Waals surface area contributed by atoms with Gasteiger partial charge in [-0.15, -0.1) is 0 Å². The quantitative estimate of drug-likeness (QED) is 0.596. The van der Waals surface area contributed by atoms with Gasteiger partial charge in [0.25, 0.3) is 0 Å². The van der Waals surface area contributed by atoms with Crippen LogP contribution in [0.2, 0.25) is 0 Å². The Morgan fingerprint density at radius 1 is 1.60 bits per heavy atom. The smallest absolute Gasteiger partial charge is 0.217 e. The molecule has 0 heterocycles. The summed E-state index contributed by atoms with van der Waals surface area (Å²) < 4.78 is 0. The molecular formula is C7H15NO2. The number of hydrogen-bond acceptors (Lipinski definition) is 2. The molecule has 0 saturated carbocycles. The molecule has 3 N–H and O–H groups in total. The van der Waals surface area contributed by atoms with Crippen molar-refractivity contribution in [1.29, 1.82) is 0 Å². The third kappa shape index (κ3) is 5.56. The minimum atomic E-state index is -0.339. The molecule has 2 atom stereocenters. The van der Waals surface area contributed by atoms with Crippen molar-refractivity contribution in [3.63, 3.8) is 0 Å². The monoisotopic (exact) mass is 145 g/mol. The van der Waals surface area contributed by atoms with Gasteiger partial charge in [0.15, 0.2) is 0 Å². The second kappa shape index (κ2) is 4.28. The van der Waals surface area contributed by atoms with E-state index in [1.807, 2.05) is 6.92 Å². The van der Waals surface area contributed by atoms with E-state index in [0.717, 1.165) is 0 Å². The maximum absolute atomic E-state index is 10.3. The van der Waals surface area contributed by atoms with E-state index in [1.54, 1.807) is 6.92 Å². The standard InChI is InChI=1S/C7H15NO2/c1-5(3-6(2)9)4-7(8)10/h5-6,9H,3-4H2,1-2H3,(H2,8,10). The van der Waals surface area contributed by atoms with Crippen molar-refractivity contribution in [1.82, 2.24) is 0 Å². The number of hydrogen-bond donors (Lipinski definition) is 2. The van der Waals surface area contributed by atoms with E-state index in [4.69, 9.17) is 10.8 Å². The Bertz CT molecular complexity index is 112. The number of carbonyl (C=O) groups excluding carboxylic acids is 1. The molecule has 0 aliphatic carbocycles. The summed E-state index contributed by atoms with van der Waals surface area (Å²) in [6.45, 7) is 3.61. The van der Waals surface area contributed by atoms with Gasteiger partial charge in [-0.25, -0.2) is 0 Å². The zero-order valence-corrected chi connectivity index (χ0v) is 6.50. The zero-order valence-electron chi connectivity index (χ0n) is 6.50. The lowest BCUT2D eigenvalue weighted by Gasteiger charge is -2.09. The van der Waals surface area contributed by atoms with Gasteiger partial charge in [-0.3, -0.25) is 4.79 Å². The molecule has 2 unspecified atom stereocenters. The molecule has 0 rings (SSSR count). The van der Waals surface area contributed by atoms with Crippen molar-refractivity contribution in [2.24, 2.45) is 11.7 Å². The van der Waals surface area contributed by atoms with Crippen molar-refractivity contribution >= 4 is 5.91 Å². The summed E-state index contributed by atoms with van der Waals surface area (Å²) in [5.41, 5.74) is 4.95. The second-order valence-electron chi connectivity index (χ2n) is 2.86. The van der Waals surface area contributed by atoms with Crippen LogP contribution in [-0.2, 0) is 4.79 Å². The van der Waals surface area contributed by atoms with E-state index in [2.05, 4.69) is 0 Å². The van der Waals surface area contributed by atoms with Crippen LogP contribution in [0.25, 0.3) is 0 Å². The lowest BCUT2D eigenvalue weighted by molar-refractivity contribution is -0.118. The van der Waals surface area contributed by atoms with Gasteiger partial charge >= 0.3 is 0 Å². The van der Waals surface area contributed by atoms with Gasteiger partial charge in [-0.1, -0.05) is 6.92 Å².